The lowest BCUT2D eigenvalue weighted by molar-refractivity contribution is -0.126. The van der Waals surface area contributed by atoms with Gasteiger partial charge in [-0.25, -0.2) is 4.79 Å². The molecule has 1 aromatic rings. The maximum atomic E-state index is 12.4. The number of halogens is 1. The molecule has 1 saturated heterocycles. The van der Waals surface area contributed by atoms with Crippen LogP contribution in [-0.4, -0.2) is 35.6 Å². The Morgan fingerprint density at radius 2 is 2.12 bits per heavy atom. The molecule has 0 aliphatic carbocycles. The summed E-state index contributed by atoms with van der Waals surface area (Å²) in [5, 5.41) is 3.58. The number of nitrogens with zero attached hydrogens (tertiary/aromatic N) is 1. The van der Waals surface area contributed by atoms with Crippen LogP contribution in [0.4, 0.5) is 4.79 Å². The summed E-state index contributed by atoms with van der Waals surface area (Å²) < 4.78 is 5.39. The molecule has 1 aliphatic heterocycles. The van der Waals surface area contributed by atoms with Crippen LogP contribution in [0.2, 0.25) is 5.02 Å². The summed E-state index contributed by atoms with van der Waals surface area (Å²) in [5.41, 5.74) is 0.425. The third-order valence-corrected chi connectivity index (χ3v) is 4.03. The largest absolute Gasteiger partial charge is 0.444 e. The number of ether oxygens (including phenoxy) is 1. The molecule has 2 rings (SSSR count). The van der Waals surface area contributed by atoms with Crippen molar-refractivity contribution in [2.75, 3.05) is 13.1 Å². The van der Waals surface area contributed by atoms with Gasteiger partial charge in [0.1, 0.15) is 5.60 Å². The number of benzene rings is 1. The minimum Gasteiger partial charge on any atom is -0.444 e. The molecule has 132 valence electrons. The fourth-order valence-corrected chi connectivity index (χ4v) is 2.88. The van der Waals surface area contributed by atoms with Crippen molar-refractivity contribution in [1.29, 1.82) is 0 Å². The van der Waals surface area contributed by atoms with Crippen molar-refractivity contribution in [1.82, 2.24) is 10.2 Å². The van der Waals surface area contributed by atoms with Crippen LogP contribution in [0.3, 0.4) is 0 Å². The molecule has 6 heteroatoms. The summed E-state index contributed by atoms with van der Waals surface area (Å²) in [5.74, 6) is -0.242. The van der Waals surface area contributed by atoms with E-state index >= 15 is 0 Å². The van der Waals surface area contributed by atoms with Crippen LogP contribution in [0.5, 0.6) is 0 Å². The molecular weight excluding hydrogens is 328 g/mol. The number of amides is 2. The Kier molecular flexibility index (Phi) is 6.10. The van der Waals surface area contributed by atoms with E-state index in [1.165, 1.54) is 0 Å². The first-order chi connectivity index (χ1) is 11.2. The summed E-state index contributed by atoms with van der Waals surface area (Å²) >= 11 is 5.94. The van der Waals surface area contributed by atoms with Crippen molar-refractivity contribution in [3.05, 3.63) is 34.9 Å². The topological polar surface area (TPSA) is 58.6 Å². The van der Waals surface area contributed by atoms with Gasteiger partial charge in [-0.3, -0.25) is 4.79 Å². The first-order valence-corrected chi connectivity index (χ1v) is 8.62. The minimum atomic E-state index is -0.529. The fourth-order valence-electron chi connectivity index (χ4n) is 2.66. The van der Waals surface area contributed by atoms with Gasteiger partial charge in [-0.15, -0.1) is 0 Å². The molecule has 0 unspecified atom stereocenters. The molecule has 1 N–H and O–H groups in total. The zero-order valence-corrected chi connectivity index (χ0v) is 15.2. The van der Waals surface area contributed by atoms with Crippen molar-refractivity contribution < 1.29 is 14.3 Å². The molecule has 1 heterocycles. The van der Waals surface area contributed by atoms with Gasteiger partial charge < -0.3 is 15.0 Å². The Balaban J connectivity index is 1.87. The van der Waals surface area contributed by atoms with Crippen LogP contribution in [0.15, 0.2) is 24.3 Å². The van der Waals surface area contributed by atoms with Crippen LogP contribution in [-0.2, 0) is 16.1 Å². The number of carbonyl (C=O) groups excluding carboxylic acids is 2. The second-order valence-electron chi connectivity index (χ2n) is 7.11. The van der Waals surface area contributed by atoms with Crippen LogP contribution >= 0.6 is 11.6 Å². The van der Waals surface area contributed by atoms with Crippen molar-refractivity contribution >= 4 is 23.6 Å². The number of rotatable bonds is 3. The van der Waals surface area contributed by atoms with E-state index in [4.69, 9.17) is 16.3 Å². The van der Waals surface area contributed by atoms with Gasteiger partial charge in [0, 0.05) is 24.7 Å². The van der Waals surface area contributed by atoms with Gasteiger partial charge in [-0.2, -0.15) is 0 Å². The molecule has 0 aromatic heterocycles. The smallest absolute Gasteiger partial charge is 0.410 e. The molecule has 1 aliphatic rings. The van der Waals surface area contributed by atoms with E-state index in [1.54, 1.807) is 11.0 Å². The van der Waals surface area contributed by atoms with E-state index in [-0.39, 0.29) is 17.9 Å². The molecule has 5 nitrogen and oxygen atoms in total. The normalized spacial score (nSPS) is 18.2. The third kappa shape index (κ3) is 5.71. The lowest BCUT2D eigenvalue weighted by atomic mass is 9.97. The summed E-state index contributed by atoms with van der Waals surface area (Å²) in [7, 11) is 0. The predicted molar refractivity (Wildman–Crippen MR) is 93.8 cm³/mol. The number of carbonyl (C=O) groups is 2. The van der Waals surface area contributed by atoms with Crippen LogP contribution in [0.25, 0.3) is 0 Å². The fraction of sp³-hybridized carbons (Fsp3) is 0.556. The second kappa shape index (κ2) is 7.88. The molecule has 0 spiro atoms. The van der Waals surface area contributed by atoms with Crippen LogP contribution in [0.1, 0.15) is 39.2 Å². The molecule has 0 bridgehead atoms. The van der Waals surface area contributed by atoms with Crippen molar-refractivity contribution in [2.24, 2.45) is 5.92 Å². The van der Waals surface area contributed by atoms with Gasteiger partial charge >= 0.3 is 6.09 Å². The van der Waals surface area contributed by atoms with E-state index in [0.717, 1.165) is 18.4 Å². The first kappa shape index (κ1) is 18.6. The van der Waals surface area contributed by atoms with E-state index in [0.29, 0.717) is 24.7 Å². The predicted octanol–water partition coefficient (Wildman–Crippen LogP) is 3.60. The van der Waals surface area contributed by atoms with Gasteiger partial charge in [0.05, 0.1) is 5.92 Å². The molecule has 1 atom stereocenters. The van der Waals surface area contributed by atoms with E-state index in [9.17, 15) is 9.59 Å². The van der Waals surface area contributed by atoms with Crippen molar-refractivity contribution in [3.63, 3.8) is 0 Å². The Labute approximate surface area is 148 Å². The molecule has 1 aromatic carbocycles. The highest BCUT2D eigenvalue weighted by Gasteiger charge is 2.30. The molecule has 24 heavy (non-hydrogen) atoms. The quantitative estimate of drug-likeness (QED) is 0.904. The van der Waals surface area contributed by atoms with Crippen molar-refractivity contribution in [2.45, 2.75) is 45.8 Å². The monoisotopic (exact) mass is 352 g/mol. The summed E-state index contributed by atoms with van der Waals surface area (Å²) in [6, 6.07) is 7.40. The Morgan fingerprint density at radius 3 is 2.79 bits per heavy atom. The number of nitrogens with one attached hydrogen (secondary N) is 1. The SMILES string of the molecule is CC(C)(C)OC(=O)N1CCC[C@@H](C(=O)NCc2cccc(Cl)c2)C1. The average molecular weight is 353 g/mol. The standard InChI is InChI=1S/C18H25ClN2O3/c1-18(2,3)24-17(23)21-9-5-7-14(12-21)16(22)20-11-13-6-4-8-15(19)10-13/h4,6,8,10,14H,5,7,9,11-12H2,1-3H3,(H,20,22)/t14-/m1/s1. The van der Waals surface area contributed by atoms with E-state index in [1.807, 2.05) is 39.0 Å². The van der Waals surface area contributed by atoms with Crippen molar-refractivity contribution in [3.8, 4) is 0 Å². The Hall–Kier alpha value is -1.75. The summed E-state index contributed by atoms with van der Waals surface area (Å²) in [4.78, 5) is 26.2. The van der Waals surface area contributed by atoms with Gasteiger partial charge in [0.25, 0.3) is 0 Å². The zero-order chi connectivity index (χ0) is 17.7. The third-order valence-electron chi connectivity index (χ3n) is 3.80. The van der Waals surface area contributed by atoms with Gasteiger partial charge in [-0.1, -0.05) is 23.7 Å². The molecule has 0 saturated carbocycles. The van der Waals surface area contributed by atoms with Crippen LogP contribution in [0, 0.1) is 5.92 Å². The molecule has 0 radical (unpaired) electrons. The summed E-state index contributed by atoms with van der Waals surface area (Å²) in [6.07, 6.45) is 1.23. The van der Waals surface area contributed by atoms with Crippen LogP contribution < -0.4 is 5.32 Å². The van der Waals surface area contributed by atoms with E-state index < -0.39 is 5.60 Å². The number of piperidine rings is 1. The highest BCUT2D eigenvalue weighted by Crippen LogP contribution is 2.20. The van der Waals surface area contributed by atoms with Gasteiger partial charge in [0.15, 0.2) is 0 Å². The van der Waals surface area contributed by atoms with Gasteiger partial charge in [-0.05, 0) is 51.3 Å². The zero-order valence-electron chi connectivity index (χ0n) is 14.5. The number of hydrogen-bond donors (Lipinski definition) is 1. The lowest BCUT2D eigenvalue weighted by Gasteiger charge is -2.33. The maximum absolute atomic E-state index is 12.4. The highest BCUT2D eigenvalue weighted by molar-refractivity contribution is 6.30. The van der Waals surface area contributed by atoms with E-state index in [2.05, 4.69) is 5.32 Å². The molecular formula is C18H25ClN2O3. The minimum absolute atomic E-state index is 0.0387. The number of likely N-dealkylation sites (tertiary alicyclic amines) is 1. The average Bonchev–Trinajstić information content (AvgIpc) is 2.51. The number of hydrogen-bond acceptors (Lipinski definition) is 3. The first-order valence-electron chi connectivity index (χ1n) is 8.25. The Morgan fingerprint density at radius 1 is 1.38 bits per heavy atom. The Bertz CT molecular complexity index is 598. The van der Waals surface area contributed by atoms with Gasteiger partial charge in [0.2, 0.25) is 5.91 Å². The molecule has 1 fully saturated rings. The summed E-state index contributed by atoms with van der Waals surface area (Å²) in [6.45, 7) is 6.98. The maximum Gasteiger partial charge on any atom is 0.410 e. The highest BCUT2D eigenvalue weighted by atomic mass is 35.5. The lowest BCUT2D eigenvalue weighted by Crippen LogP contribution is -2.46. The second-order valence-corrected chi connectivity index (χ2v) is 7.55. The molecule has 2 amide bonds.